The van der Waals surface area contributed by atoms with Gasteiger partial charge in [-0.25, -0.2) is 0 Å². The van der Waals surface area contributed by atoms with Crippen LogP contribution in [0.2, 0.25) is 0 Å². The molecule has 4 heteroatoms. The molecule has 0 amide bonds. The molecule has 0 aromatic carbocycles. The van der Waals surface area contributed by atoms with Gasteiger partial charge in [-0.1, -0.05) is 6.92 Å². The fourth-order valence-electron chi connectivity index (χ4n) is 0.614. The van der Waals surface area contributed by atoms with Gasteiger partial charge in [-0.3, -0.25) is 10.2 Å². The number of nitrogens with two attached hydrogens (primary N) is 1. The zero-order valence-electron chi connectivity index (χ0n) is 6.85. The van der Waals surface area contributed by atoms with Crippen molar-refractivity contribution < 1.29 is 0 Å². The Bertz CT molecular complexity index is 58.8. The fraction of sp³-hybridized carbons (Fsp3) is 1.00. The van der Waals surface area contributed by atoms with Crippen molar-refractivity contribution in [1.29, 1.82) is 0 Å². The van der Waals surface area contributed by atoms with Gasteiger partial charge >= 0.3 is 0 Å². The average molecular weight is 146 g/mol. The van der Waals surface area contributed by atoms with Crippen molar-refractivity contribution in [2.75, 3.05) is 33.6 Å². The van der Waals surface area contributed by atoms with Gasteiger partial charge in [0.15, 0.2) is 0 Å². The molecule has 0 radical (unpaired) electrons. The standard InChI is InChI=1S/C6H18N4/c1-3-8-5-10(2)6-9-4-7/h8-9H,3-7H2,1-2H3. The van der Waals surface area contributed by atoms with Crippen LogP contribution in [0, 0.1) is 0 Å². The van der Waals surface area contributed by atoms with Gasteiger partial charge in [0.25, 0.3) is 0 Å². The molecule has 0 aliphatic rings. The van der Waals surface area contributed by atoms with Gasteiger partial charge < -0.3 is 11.1 Å². The Labute approximate surface area is 62.8 Å². The second kappa shape index (κ2) is 6.95. The molecule has 0 rings (SSSR count). The first-order valence-corrected chi connectivity index (χ1v) is 3.61. The lowest BCUT2D eigenvalue weighted by atomic mass is 10.7. The van der Waals surface area contributed by atoms with E-state index in [1.54, 1.807) is 0 Å². The molecular weight excluding hydrogens is 128 g/mol. The normalized spacial score (nSPS) is 10.8. The van der Waals surface area contributed by atoms with Crippen molar-refractivity contribution in [3.8, 4) is 0 Å². The third-order valence-corrected chi connectivity index (χ3v) is 1.16. The molecule has 0 unspecified atom stereocenters. The van der Waals surface area contributed by atoms with Crippen LogP contribution >= 0.6 is 0 Å². The minimum absolute atomic E-state index is 0.538. The van der Waals surface area contributed by atoms with E-state index in [0.29, 0.717) is 6.67 Å². The third kappa shape index (κ3) is 5.97. The molecule has 4 N–H and O–H groups in total. The zero-order valence-corrected chi connectivity index (χ0v) is 6.85. The Morgan fingerprint density at radius 1 is 1.30 bits per heavy atom. The maximum Gasteiger partial charge on any atom is 0.0499 e. The predicted molar refractivity (Wildman–Crippen MR) is 43.4 cm³/mol. The smallest absolute Gasteiger partial charge is 0.0499 e. The highest BCUT2D eigenvalue weighted by molar-refractivity contribution is 4.45. The molecule has 0 aromatic rings. The van der Waals surface area contributed by atoms with Crippen LogP contribution in [0.3, 0.4) is 0 Å². The van der Waals surface area contributed by atoms with E-state index in [4.69, 9.17) is 5.73 Å². The molecule has 0 spiro atoms. The molecule has 0 aliphatic heterocycles. The minimum atomic E-state index is 0.538. The van der Waals surface area contributed by atoms with E-state index < -0.39 is 0 Å². The lowest BCUT2D eigenvalue weighted by Crippen LogP contribution is -2.39. The van der Waals surface area contributed by atoms with E-state index in [9.17, 15) is 0 Å². The molecule has 0 heterocycles. The van der Waals surface area contributed by atoms with Gasteiger partial charge in [-0.2, -0.15) is 0 Å². The second-order valence-electron chi connectivity index (χ2n) is 2.23. The van der Waals surface area contributed by atoms with E-state index in [1.165, 1.54) is 0 Å². The summed E-state index contributed by atoms with van der Waals surface area (Å²) in [5.74, 6) is 0. The van der Waals surface area contributed by atoms with Crippen molar-refractivity contribution in [3.05, 3.63) is 0 Å². The van der Waals surface area contributed by atoms with Crippen molar-refractivity contribution >= 4 is 0 Å². The largest absolute Gasteiger partial charge is 0.318 e. The van der Waals surface area contributed by atoms with E-state index in [0.717, 1.165) is 19.9 Å². The number of nitrogens with zero attached hydrogens (tertiary/aromatic N) is 1. The monoisotopic (exact) mass is 146 g/mol. The van der Waals surface area contributed by atoms with E-state index in [-0.39, 0.29) is 0 Å². The maximum atomic E-state index is 5.25. The Morgan fingerprint density at radius 3 is 2.40 bits per heavy atom. The first-order chi connectivity index (χ1) is 4.81. The van der Waals surface area contributed by atoms with Crippen LogP contribution in [-0.4, -0.2) is 38.5 Å². The molecule has 10 heavy (non-hydrogen) atoms. The molecule has 62 valence electrons. The van der Waals surface area contributed by atoms with E-state index in [2.05, 4.69) is 22.5 Å². The molecule has 0 saturated heterocycles. The molecule has 0 aliphatic carbocycles. The summed E-state index contributed by atoms with van der Waals surface area (Å²) in [6.07, 6.45) is 0. The highest BCUT2D eigenvalue weighted by Crippen LogP contribution is 1.72. The molecule has 4 nitrogen and oxygen atoms in total. The van der Waals surface area contributed by atoms with Gasteiger partial charge in [-0.15, -0.1) is 0 Å². The topological polar surface area (TPSA) is 53.3 Å². The van der Waals surface area contributed by atoms with Crippen molar-refractivity contribution in [3.63, 3.8) is 0 Å². The van der Waals surface area contributed by atoms with Gasteiger partial charge in [0.05, 0.1) is 0 Å². The Morgan fingerprint density at radius 2 is 1.90 bits per heavy atom. The third-order valence-electron chi connectivity index (χ3n) is 1.16. The summed E-state index contributed by atoms with van der Waals surface area (Å²) in [6, 6.07) is 0. The molecule has 0 bridgehead atoms. The summed E-state index contributed by atoms with van der Waals surface area (Å²) >= 11 is 0. The second-order valence-corrected chi connectivity index (χ2v) is 2.23. The van der Waals surface area contributed by atoms with Crippen molar-refractivity contribution in [2.24, 2.45) is 5.73 Å². The van der Waals surface area contributed by atoms with Gasteiger partial charge in [0, 0.05) is 20.0 Å². The quantitative estimate of drug-likeness (QED) is 0.418. The Hall–Kier alpha value is -0.160. The van der Waals surface area contributed by atoms with E-state index >= 15 is 0 Å². The number of hydrogen-bond donors (Lipinski definition) is 3. The fourth-order valence-corrected chi connectivity index (χ4v) is 0.614. The van der Waals surface area contributed by atoms with Gasteiger partial charge in [0.2, 0.25) is 0 Å². The summed E-state index contributed by atoms with van der Waals surface area (Å²) in [4.78, 5) is 2.12. The number of nitrogens with one attached hydrogen (secondary N) is 2. The maximum absolute atomic E-state index is 5.25. The van der Waals surface area contributed by atoms with Crippen LogP contribution < -0.4 is 16.4 Å². The Kier molecular flexibility index (Phi) is 6.84. The van der Waals surface area contributed by atoms with Crippen LogP contribution in [0.4, 0.5) is 0 Å². The minimum Gasteiger partial charge on any atom is -0.318 e. The van der Waals surface area contributed by atoms with Crippen LogP contribution in [0.15, 0.2) is 0 Å². The highest BCUT2D eigenvalue weighted by atomic mass is 15.3. The van der Waals surface area contributed by atoms with Crippen molar-refractivity contribution in [2.45, 2.75) is 6.92 Å². The summed E-state index contributed by atoms with van der Waals surface area (Å²) in [6.45, 7) is 5.38. The summed E-state index contributed by atoms with van der Waals surface area (Å²) in [5, 5.41) is 6.22. The molecule has 0 fully saturated rings. The van der Waals surface area contributed by atoms with Crippen LogP contribution in [0.5, 0.6) is 0 Å². The highest BCUT2D eigenvalue weighted by Gasteiger charge is 1.92. The zero-order chi connectivity index (χ0) is 7.82. The van der Waals surface area contributed by atoms with Crippen molar-refractivity contribution in [1.82, 2.24) is 15.5 Å². The summed E-state index contributed by atoms with van der Waals surface area (Å²) in [5.41, 5.74) is 5.25. The first kappa shape index (κ1) is 9.84. The summed E-state index contributed by atoms with van der Waals surface area (Å²) < 4.78 is 0. The SMILES string of the molecule is CCNCN(C)CNCN. The van der Waals surface area contributed by atoms with Crippen LogP contribution in [0.1, 0.15) is 6.92 Å². The lowest BCUT2D eigenvalue weighted by molar-refractivity contribution is 0.287. The molecular formula is C6H18N4. The summed E-state index contributed by atoms with van der Waals surface area (Å²) in [7, 11) is 2.03. The molecule has 0 saturated carbocycles. The number of hydrogen-bond acceptors (Lipinski definition) is 4. The first-order valence-electron chi connectivity index (χ1n) is 3.61. The van der Waals surface area contributed by atoms with Gasteiger partial charge in [0.1, 0.15) is 0 Å². The number of rotatable bonds is 6. The average Bonchev–Trinajstić information content (AvgIpc) is 1.97. The van der Waals surface area contributed by atoms with E-state index in [1.807, 2.05) is 7.05 Å². The van der Waals surface area contributed by atoms with Crippen LogP contribution in [-0.2, 0) is 0 Å². The van der Waals surface area contributed by atoms with Gasteiger partial charge in [-0.05, 0) is 13.6 Å². The molecule has 0 atom stereocenters. The van der Waals surface area contributed by atoms with Crippen LogP contribution in [0.25, 0.3) is 0 Å². The lowest BCUT2D eigenvalue weighted by Gasteiger charge is -2.16. The predicted octanol–water partition coefficient (Wildman–Crippen LogP) is -1.05. The Balaban J connectivity index is 3.00. The molecule has 0 aromatic heterocycles.